The second-order valence-electron chi connectivity index (χ2n) is 9.39. The van der Waals surface area contributed by atoms with E-state index in [4.69, 9.17) is 4.74 Å². The third-order valence-corrected chi connectivity index (χ3v) is 5.48. The molecule has 1 amide bonds. The standard InChI is InChI=1S/C28H25N5O3/c1-28(2,3)36-27(35)30-19-6-9-23-21(16-19)22(26(34)31-23)14-18-4-7-20-24(32-33-25(20)15-18)8-5-17-10-12-29-13-11-17/h4-16,31,34H,1-3H3,(H,30,35)/b8-5+,18-14-. The van der Waals surface area contributed by atoms with E-state index in [1.807, 2.05) is 48.6 Å². The van der Waals surface area contributed by atoms with Crippen LogP contribution in [0.15, 0.2) is 77.2 Å². The molecule has 0 aliphatic carbocycles. The predicted octanol–water partition coefficient (Wildman–Crippen LogP) is 5.36. The Morgan fingerprint density at radius 2 is 1.83 bits per heavy atom. The zero-order chi connectivity index (χ0) is 25.3. The van der Waals surface area contributed by atoms with Gasteiger partial charge in [0, 0.05) is 39.8 Å². The molecular weight excluding hydrogens is 454 g/mol. The van der Waals surface area contributed by atoms with Gasteiger partial charge in [0.2, 0.25) is 0 Å². The van der Waals surface area contributed by atoms with Gasteiger partial charge in [-0.2, -0.15) is 0 Å². The Balaban J connectivity index is 1.47. The highest BCUT2D eigenvalue weighted by molar-refractivity contribution is 5.96. The smallest absolute Gasteiger partial charge is 0.412 e. The van der Waals surface area contributed by atoms with E-state index in [2.05, 4.69) is 25.5 Å². The van der Waals surface area contributed by atoms with Crippen molar-refractivity contribution in [3.8, 4) is 5.88 Å². The maximum Gasteiger partial charge on any atom is 0.412 e. The summed E-state index contributed by atoms with van der Waals surface area (Å²) in [4.78, 5) is 19.2. The van der Waals surface area contributed by atoms with Crippen LogP contribution in [0.25, 0.3) is 28.8 Å². The van der Waals surface area contributed by atoms with Gasteiger partial charge < -0.3 is 14.8 Å². The van der Waals surface area contributed by atoms with Crippen LogP contribution in [0.4, 0.5) is 16.2 Å². The Hall–Kier alpha value is -4.72. The van der Waals surface area contributed by atoms with E-state index < -0.39 is 11.7 Å². The van der Waals surface area contributed by atoms with Crippen LogP contribution < -0.4 is 15.8 Å². The molecular formula is C28H25N5O3. The fraction of sp³-hybridized carbons (Fsp3) is 0.143. The van der Waals surface area contributed by atoms with Crippen molar-refractivity contribution >= 4 is 46.2 Å². The minimum absolute atomic E-state index is 0.0362. The number of ether oxygens (including phenoxy) is 1. The summed E-state index contributed by atoms with van der Waals surface area (Å²) >= 11 is 0. The van der Waals surface area contributed by atoms with Crippen LogP contribution in [0.5, 0.6) is 5.88 Å². The van der Waals surface area contributed by atoms with Gasteiger partial charge in [0.1, 0.15) is 5.60 Å². The summed E-state index contributed by atoms with van der Waals surface area (Å²) in [5, 5.41) is 24.5. The number of aromatic nitrogens is 2. The number of H-pyrrole nitrogens is 1. The van der Waals surface area contributed by atoms with Crippen LogP contribution in [0, 0.1) is 0 Å². The molecule has 3 heterocycles. The third kappa shape index (κ3) is 5.02. The van der Waals surface area contributed by atoms with Gasteiger partial charge >= 0.3 is 6.09 Å². The van der Waals surface area contributed by atoms with E-state index in [0.29, 0.717) is 11.3 Å². The minimum Gasteiger partial charge on any atom is -0.494 e. The number of fused-ring (bicyclic) bond motifs is 2. The number of rotatable bonds is 4. The first-order valence-corrected chi connectivity index (χ1v) is 11.5. The molecule has 180 valence electrons. The van der Waals surface area contributed by atoms with Gasteiger partial charge in [-0.15, -0.1) is 10.2 Å². The summed E-state index contributed by atoms with van der Waals surface area (Å²) in [7, 11) is 0. The Morgan fingerprint density at radius 3 is 2.61 bits per heavy atom. The number of pyridine rings is 1. The average molecular weight is 480 g/mol. The third-order valence-electron chi connectivity index (χ3n) is 5.48. The molecule has 0 fully saturated rings. The molecule has 0 unspecified atom stereocenters. The summed E-state index contributed by atoms with van der Waals surface area (Å²) in [5.74, 6) is 0.0362. The number of hydrogen-bond acceptors (Lipinski definition) is 6. The fourth-order valence-corrected chi connectivity index (χ4v) is 3.88. The van der Waals surface area contributed by atoms with Crippen molar-refractivity contribution in [2.24, 2.45) is 10.2 Å². The van der Waals surface area contributed by atoms with Crippen LogP contribution in [0.3, 0.4) is 0 Å². The lowest BCUT2D eigenvalue weighted by atomic mass is 10.1. The first-order valence-electron chi connectivity index (χ1n) is 11.5. The Kier molecular flexibility index (Phi) is 5.85. The number of nitrogens with one attached hydrogen (secondary N) is 2. The van der Waals surface area contributed by atoms with Gasteiger partial charge in [0.25, 0.3) is 0 Å². The molecule has 3 N–H and O–H groups in total. The first kappa shape index (κ1) is 23.0. The summed E-state index contributed by atoms with van der Waals surface area (Å²) in [6, 6.07) is 15.0. The molecule has 1 aliphatic heterocycles. The number of carbonyl (C=O) groups is 1. The number of aromatic hydroxyl groups is 1. The zero-order valence-electron chi connectivity index (χ0n) is 20.1. The van der Waals surface area contributed by atoms with Crippen molar-refractivity contribution in [1.29, 1.82) is 0 Å². The molecule has 0 spiro atoms. The van der Waals surface area contributed by atoms with Crippen LogP contribution in [-0.4, -0.2) is 26.8 Å². The lowest BCUT2D eigenvalue weighted by Crippen LogP contribution is -2.27. The van der Waals surface area contributed by atoms with Crippen molar-refractivity contribution in [2.75, 3.05) is 5.32 Å². The fourth-order valence-electron chi connectivity index (χ4n) is 3.88. The lowest BCUT2D eigenvalue weighted by molar-refractivity contribution is 0.0636. The number of benzene rings is 2. The van der Waals surface area contributed by atoms with E-state index in [0.717, 1.165) is 38.3 Å². The number of azo groups is 1. The Morgan fingerprint density at radius 1 is 1.03 bits per heavy atom. The molecule has 8 nitrogen and oxygen atoms in total. The molecule has 0 saturated heterocycles. The summed E-state index contributed by atoms with van der Waals surface area (Å²) in [6.07, 6.45) is 8.71. The monoisotopic (exact) mass is 479 g/mol. The molecule has 1 aliphatic rings. The molecule has 4 aromatic rings. The van der Waals surface area contributed by atoms with E-state index in [1.54, 1.807) is 51.4 Å². The van der Waals surface area contributed by atoms with E-state index >= 15 is 0 Å². The van der Waals surface area contributed by atoms with E-state index in [-0.39, 0.29) is 5.88 Å². The maximum absolute atomic E-state index is 12.2. The van der Waals surface area contributed by atoms with Gasteiger partial charge in [0.05, 0.1) is 11.4 Å². The molecule has 0 atom stereocenters. The molecule has 0 radical (unpaired) electrons. The Bertz CT molecular complexity index is 1640. The van der Waals surface area contributed by atoms with E-state index in [1.165, 1.54) is 0 Å². The number of carbonyl (C=O) groups excluding carboxylic acids is 1. The number of hydrogen-bond donors (Lipinski definition) is 3. The summed E-state index contributed by atoms with van der Waals surface area (Å²) in [6.45, 7) is 5.42. The minimum atomic E-state index is -0.601. The van der Waals surface area contributed by atoms with Crippen molar-refractivity contribution < 1.29 is 14.6 Å². The van der Waals surface area contributed by atoms with Crippen molar-refractivity contribution in [1.82, 2.24) is 9.97 Å². The second kappa shape index (κ2) is 9.14. The van der Waals surface area contributed by atoms with Gasteiger partial charge in [-0.3, -0.25) is 10.3 Å². The van der Waals surface area contributed by atoms with Crippen LogP contribution >= 0.6 is 0 Å². The molecule has 36 heavy (non-hydrogen) atoms. The average Bonchev–Trinajstić information content (AvgIpc) is 3.37. The molecule has 5 rings (SSSR count). The van der Waals surface area contributed by atoms with Crippen LogP contribution in [-0.2, 0) is 4.74 Å². The highest BCUT2D eigenvalue weighted by atomic mass is 16.6. The quantitative estimate of drug-likeness (QED) is 0.366. The largest absolute Gasteiger partial charge is 0.494 e. The van der Waals surface area contributed by atoms with Gasteiger partial charge in [-0.1, -0.05) is 12.1 Å². The van der Waals surface area contributed by atoms with E-state index in [9.17, 15) is 9.90 Å². The molecule has 0 saturated carbocycles. The molecule has 0 bridgehead atoms. The van der Waals surface area contributed by atoms with Crippen LogP contribution in [0.2, 0.25) is 0 Å². The lowest BCUT2D eigenvalue weighted by Gasteiger charge is -2.19. The maximum atomic E-state index is 12.2. The topological polar surface area (TPSA) is 112 Å². The molecule has 2 aromatic carbocycles. The van der Waals surface area contributed by atoms with Crippen molar-refractivity contribution in [2.45, 2.75) is 26.4 Å². The molecule has 8 heteroatoms. The zero-order valence-corrected chi connectivity index (χ0v) is 20.1. The number of anilines is 1. The van der Waals surface area contributed by atoms with Crippen molar-refractivity contribution in [3.05, 3.63) is 88.6 Å². The van der Waals surface area contributed by atoms with Gasteiger partial charge in [-0.25, -0.2) is 4.79 Å². The number of amides is 1. The SMILES string of the molecule is CC(C)(C)OC(=O)Nc1ccc2[nH]c(O)c(/C=c3/ccc4c(c3)N=NC=4/C=C/c3ccncc3)c2c1. The highest BCUT2D eigenvalue weighted by Gasteiger charge is 2.17. The number of nitrogens with zero attached hydrogens (tertiary/aromatic N) is 3. The Labute approximate surface area is 207 Å². The van der Waals surface area contributed by atoms with Gasteiger partial charge in [-0.05, 0) is 86.2 Å². The van der Waals surface area contributed by atoms with Crippen LogP contribution in [0.1, 0.15) is 31.9 Å². The first-order chi connectivity index (χ1) is 17.2. The number of aromatic amines is 1. The van der Waals surface area contributed by atoms with Crippen molar-refractivity contribution in [3.63, 3.8) is 0 Å². The molecule has 2 aromatic heterocycles. The predicted molar refractivity (Wildman–Crippen MR) is 140 cm³/mol. The normalized spacial score (nSPS) is 13.5. The van der Waals surface area contributed by atoms with Gasteiger partial charge in [0.15, 0.2) is 5.88 Å². The summed E-state index contributed by atoms with van der Waals surface area (Å²) < 4.78 is 5.33. The highest BCUT2D eigenvalue weighted by Crippen LogP contribution is 2.30. The second-order valence-corrected chi connectivity index (χ2v) is 9.39. The summed E-state index contributed by atoms with van der Waals surface area (Å²) in [5.41, 5.74) is 3.87.